The van der Waals surface area contributed by atoms with Crippen molar-refractivity contribution in [3.8, 4) is 0 Å². The molecule has 1 rings (SSSR count). The molecule has 1 fully saturated rings. The molecule has 6 amide bonds. The highest BCUT2D eigenvalue weighted by Crippen LogP contribution is 2.22. The first-order valence-corrected chi connectivity index (χ1v) is 16.5. The molecule has 1 aliphatic rings. The molecule has 1 aliphatic heterocycles. The van der Waals surface area contributed by atoms with Crippen molar-refractivity contribution < 1.29 is 57.6 Å². The molecule has 3 atom stereocenters. The lowest BCUT2D eigenvalue weighted by molar-refractivity contribution is -0.181. The van der Waals surface area contributed by atoms with Gasteiger partial charge in [0.05, 0.1) is 44.4 Å². The zero-order chi connectivity index (χ0) is 34.2. The average Bonchev–Trinajstić information content (AvgIpc) is 3.32. The molecule has 1 heterocycles. The number of alkyl carbamates (subject to hydrolysis) is 1. The Morgan fingerprint density at radius 1 is 0.913 bits per heavy atom. The summed E-state index contributed by atoms with van der Waals surface area (Å²) in [5.41, 5.74) is 0. The number of nitrogens with one attached hydrogen (secondary N) is 4. The van der Waals surface area contributed by atoms with Crippen molar-refractivity contribution in [3.63, 3.8) is 0 Å². The zero-order valence-corrected chi connectivity index (χ0v) is 27.7. The van der Waals surface area contributed by atoms with Gasteiger partial charge in [0, 0.05) is 65.5 Å². The lowest BCUT2D eigenvalue weighted by atomic mass is 10.3. The number of likely N-dealkylation sites (tertiary alicyclic amines) is 1. The minimum atomic E-state index is -0.824. The van der Waals surface area contributed by atoms with Gasteiger partial charge in [0.15, 0.2) is 13.4 Å². The highest BCUT2D eigenvalue weighted by Gasteiger charge is 2.37. The predicted molar refractivity (Wildman–Crippen MR) is 168 cm³/mol. The van der Waals surface area contributed by atoms with Crippen molar-refractivity contribution in [3.05, 3.63) is 0 Å². The van der Waals surface area contributed by atoms with Gasteiger partial charge in [-0.1, -0.05) is 6.92 Å². The molecule has 0 aromatic carbocycles. The van der Waals surface area contributed by atoms with E-state index in [1.165, 1.54) is 18.7 Å². The van der Waals surface area contributed by atoms with Crippen LogP contribution in [0.4, 0.5) is 4.79 Å². The molecule has 0 aromatic rings. The van der Waals surface area contributed by atoms with Gasteiger partial charge in [-0.2, -0.15) is 0 Å². The second kappa shape index (κ2) is 25.2. The first-order valence-electron chi connectivity index (χ1n) is 15.2. The summed E-state index contributed by atoms with van der Waals surface area (Å²) in [5, 5.41) is 19.2. The molecular formula is C27H48BN5O12S. The second-order valence-corrected chi connectivity index (χ2v) is 10.9. The number of carbonyl (C=O) groups excluding carboxylic acids is 6. The third-order valence-corrected chi connectivity index (χ3v) is 7.41. The third kappa shape index (κ3) is 18.2. The largest absolute Gasteiger partial charge is 0.444 e. The van der Waals surface area contributed by atoms with Crippen molar-refractivity contribution in [1.82, 2.24) is 26.2 Å². The fourth-order valence-corrected chi connectivity index (χ4v) is 4.46. The van der Waals surface area contributed by atoms with E-state index >= 15 is 0 Å². The highest BCUT2D eigenvalue weighted by atomic mass is 32.2. The quantitative estimate of drug-likeness (QED) is 0.0276. The van der Waals surface area contributed by atoms with Crippen molar-refractivity contribution in [1.29, 1.82) is 0 Å². The first kappa shape index (κ1) is 41.1. The number of carbonyl (C=O) groups is 6. The van der Waals surface area contributed by atoms with Crippen LogP contribution in [0, 0.1) is 0 Å². The molecule has 0 bridgehead atoms. The van der Waals surface area contributed by atoms with E-state index in [-0.39, 0.29) is 133 Å². The Labute approximate surface area is 274 Å². The van der Waals surface area contributed by atoms with E-state index in [1.807, 2.05) is 6.92 Å². The summed E-state index contributed by atoms with van der Waals surface area (Å²) in [5.74, 6) is -1.34. The highest BCUT2D eigenvalue weighted by molar-refractivity contribution is 8.20. The van der Waals surface area contributed by atoms with Crippen LogP contribution in [0.3, 0.4) is 0 Å². The van der Waals surface area contributed by atoms with Gasteiger partial charge in [0.2, 0.25) is 29.5 Å². The molecule has 3 unspecified atom stereocenters. The molecular weight excluding hydrogens is 629 g/mol. The number of rotatable bonds is 26. The molecule has 17 nitrogen and oxygen atoms in total. The van der Waals surface area contributed by atoms with Crippen molar-refractivity contribution in [2.45, 2.75) is 56.7 Å². The number of imide groups is 1. The number of hydrogen-bond donors (Lipinski definition) is 5. The van der Waals surface area contributed by atoms with E-state index < -0.39 is 18.5 Å². The van der Waals surface area contributed by atoms with Crippen LogP contribution in [0.2, 0.25) is 0 Å². The minimum absolute atomic E-state index is 0.0138. The van der Waals surface area contributed by atoms with Gasteiger partial charge in [-0.3, -0.25) is 28.9 Å². The van der Waals surface area contributed by atoms with Gasteiger partial charge in [0.1, 0.15) is 6.61 Å². The summed E-state index contributed by atoms with van der Waals surface area (Å²) in [4.78, 5) is 72.6. The fraction of sp³-hybridized carbons (Fsp3) is 0.778. The van der Waals surface area contributed by atoms with E-state index in [2.05, 4.69) is 21.3 Å². The average molecular weight is 678 g/mol. The topological polar surface area (TPSA) is 220 Å². The van der Waals surface area contributed by atoms with Gasteiger partial charge in [-0.25, -0.2) is 16.4 Å². The molecule has 46 heavy (non-hydrogen) atoms. The van der Waals surface area contributed by atoms with Crippen LogP contribution in [0.1, 0.15) is 39.0 Å². The first-order chi connectivity index (χ1) is 22.1. The summed E-state index contributed by atoms with van der Waals surface area (Å²) < 4.78 is 26.2. The van der Waals surface area contributed by atoms with Crippen LogP contribution < -0.4 is 21.3 Å². The monoisotopic (exact) mass is 677 g/mol. The molecule has 0 radical (unpaired) electrons. The molecule has 0 aliphatic carbocycles. The standard InChI is InChI=1S/C27H48BN5O12S/c1-3-19(17-34)45-25(41-2)18-44-27(40)32-7-4-21(35)29-8-9-30-23(37)6-12-42-14-15-43-13-10-31-22(36)5-11-33-24(38)16-20(46-28)26(33)39/h19-20,25,34H,3-18,28H2,1-2H3,(H,29,35)(H,30,37)(H,31,36)(H,32,40). The summed E-state index contributed by atoms with van der Waals surface area (Å²) in [6, 6.07) is 0. The number of nitrogens with zero attached hydrogens (tertiary/aromatic N) is 1. The Bertz CT molecular complexity index is 962. The molecule has 19 heteroatoms. The number of methoxy groups -OCH3 is 1. The molecule has 0 spiro atoms. The molecule has 5 N–H and O–H groups in total. The Morgan fingerprint density at radius 2 is 1.54 bits per heavy atom. The van der Waals surface area contributed by atoms with E-state index in [9.17, 15) is 28.8 Å². The number of ether oxygens (including phenoxy) is 5. The normalized spacial score (nSPS) is 15.7. The lowest BCUT2D eigenvalue weighted by Gasteiger charge is -2.21. The Hall–Kier alpha value is -2.97. The van der Waals surface area contributed by atoms with Gasteiger partial charge >= 0.3 is 6.09 Å². The summed E-state index contributed by atoms with van der Waals surface area (Å²) in [6.07, 6.45) is -1.08. The molecule has 0 saturated carbocycles. The van der Waals surface area contributed by atoms with Crippen molar-refractivity contribution >= 4 is 54.4 Å². The third-order valence-electron chi connectivity index (χ3n) is 6.47. The van der Waals surface area contributed by atoms with Crippen molar-refractivity contribution in [2.75, 3.05) is 79.5 Å². The minimum Gasteiger partial charge on any atom is -0.444 e. The van der Waals surface area contributed by atoms with Crippen LogP contribution >= 0.6 is 11.6 Å². The van der Waals surface area contributed by atoms with Crippen LogP contribution in [-0.4, -0.2) is 150 Å². The summed E-state index contributed by atoms with van der Waals surface area (Å²) in [6.45, 7) is 3.27. The fourth-order valence-electron chi connectivity index (χ4n) is 3.82. The van der Waals surface area contributed by atoms with Gasteiger partial charge in [-0.05, 0) is 6.42 Å². The predicted octanol–water partition coefficient (Wildman–Crippen LogP) is -2.57. The SMILES string of the molecule is BSC1CC(=O)N(CCC(=O)NCCOCCOCCC(=O)NCCNC(=O)CCNC(=O)OCC(OC)OC(CC)CO)C1=O. The van der Waals surface area contributed by atoms with Gasteiger partial charge < -0.3 is 50.1 Å². The number of aliphatic hydroxyl groups is 1. The Morgan fingerprint density at radius 3 is 2.15 bits per heavy atom. The molecule has 1 saturated heterocycles. The summed E-state index contributed by atoms with van der Waals surface area (Å²) >= 11 is 1.33. The van der Waals surface area contributed by atoms with Crippen molar-refractivity contribution in [2.24, 2.45) is 0 Å². The van der Waals surface area contributed by atoms with E-state index in [0.29, 0.717) is 6.42 Å². The zero-order valence-electron chi connectivity index (χ0n) is 26.8. The maximum Gasteiger partial charge on any atom is 0.407 e. The van der Waals surface area contributed by atoms with E-state index in [0.717, 1.165) is 4.90 Å². The van der Waals surface area contributed by atoms with E-state index in [4.69, 9.17) is 28.8 Å². The molecule has 0 aromatic heterocycles. The van der Waals surface area contributed by atoms with Gasteiger partial charge in [0.25, 0.3) is 0 Å². The van der Waals surface area contributed by atoms with Crippen LogP contribution in [-0.2, 0) is 47.7 Å². The second-order valence-electron chi connectivity index (χ2n) is 9.88. The van der Waals surface area contributed by atoms with Crippen LogP contribution in [0.15, 0.2) is 0 Å². The lowest BCUT2D eigenvalue weighted by Crippen LogP contribution is -2.37. The Balaban J connectivity index is 1.94. The number of amides is 6. The number of aliphatic hydroxyl groups excluding tert-OH is 1. The van der Waals surface area contributed by atoms with Gasteiger partial charge in [-0.15, -0.1) is 0 Å². The smallest absolute Gasteiger partial charge is 0.407 e. The Kier molecular flexibility index (Phi) is 22.5. The summed E-state index contributed by atoms with van der Waals surface area (Å²) in [7, 11) is 3.16. The molecule has 262 valence electrons. The maximum atomic E-state index is 12.1. The van der Waals surface area contributed by atoms with Crippen LogP contribution in [0.25, 0.3) is 0 Å². The van der Waals surface area contributed by atoms with Crippen LogP contribution in [0.5, 0.6) is 0 Å². The van der Waals surface area contributed by atoms with E-state index in [1.54, 1.807) is 7.12 Å². The maximum absolute atomic E-state index is 12.1. The number of hydrogen-bond acceptors (Lipinski definition) is 13.